The second kappa shape index (κ2) is 12.0. The van der Waals surface area contributed by atoms with E-state index in [2.05, 4.69) is 46.1 Å². The number of ether oxygens (including phenoxy) is 1. The first-order valence-electron chi connectivity index (χ1n) is 9.55. The molecule has 0 bridgehead atoms. The lowest BCUT2D eigenvalue weighted by atomic mass is 10.1. The summed E-state index contributed by atoms with van der Waals surface area (Å²) in [4.78, 5) is 16.3. The molecule has 0 unspecified atom stereocenters. The van der Waals surface area contributed by atoms with Gasteiger partial charge in [0, 0.05) is 31.1 Å². The van der Waals surface area contributed by atoms with Crippen molar-refractivity contribution >= 4 is 35.8 Å². The summed E-state index contributed by atoms with van der Waals surface area (Å²) in [6.07, 6.45) is 2.18. The van der Waals surface area contributed by atoms with Crippen LogP contribution in [0.2, 0.25) is 0 Å². The van der Waals surface area contributed by atoms with Crippen LogP contribution in [0.25, 0.3) is 0 Å². The number of nitrogens with one attached hydrogen (secondary N) is 3. The van der Waals surface area contributed by atoms with Crippen LogP contribution in [0.1, 0.15) is 44.7 Å². The predicted octanol–water partition coefficient (Wildman–Crippen LogP) is 2.98. The van der Waals surface area contributed by atoms with Crippen LogP contribution in [-0.4, -0.2) is 37.6 Å². The molecule has 1 saturated carbocycles. The minimum absolute atomic E-state index is 0. The monoisotopic (exact) mass is 488 g/mol. The van der Waals surface area contributed by atoms with Crippen LogP contribution in [0.5, 0.6) is 5.75 Å². The lowest BCUT2D eigenvalue weighted by Gasteiger charge is -2.15. The number of aliphatic imine (C=N–C) groups is 1. The third-order valence-corrected chi connectivity index (χ3v) is 4.00. The number of nitrogens with zero attached hydrogens (tertiary/aromatic N) is 1. The molecule has 0 spiro atoms. The summed E-state index contributed by atoms with van der Waals surface area (Å²) in [5.41, 5.74) is 2.23. The molecular formula is C20H33IN4O2. The molecule has 152 valence electrons. The molecule has 27 heavy (non-hydrogen) atoms. The van der Waals surface area contributed by atoms with Crippen molar-refractivity contribution in [2.24, 2.45) is 10.9 Å². The molecular weight excluding hydrogens is 455 g/mol. The third-order valence-electron chi connectivity index (χ3n) is 4.00. The molecule has 0 aromatic heterocycles. The van der Waals surface area contributed by atoms with E-state index < -0.39 is 0 Å². The van der Waals surface area contributed by atoms with Gasteiger partial charge in [0.25, 0.3) is 0 Å². The largest absolute Gasteiger partial charge is 0.491 e. The van der Waals surface area contributed by atoms with Gasteiger partial charge in [0.05, 0.1) is 12.6 Å². The molecule has 0 aliphatic heterocycles. The zero-order valence-corrected chi connectivity index (χ0v) is 19.1. The van der Waals surface area contributed by atoms with Crippen LogP contribution < -0.4 is 20.7 Å². The minimum Gasteiger partial charge on any atom is -0.491 e. The van der Waals surface area contributed by atoms with Gasteiger partial charge in [-0.05, 0) is 52.2 Å². The Hall–Kier alpha value is -1.51. The van der Waals surface area contributed by atoms with Crippen molar-refractivity contribution in [2.45, 2.75) is 53.2 Å². The molecule has 3 N–H and O–H groups in total. The second-order valence-corrected chi connectivity index (χ2v) is 6.97. The van der Waals surface area contributed by atoms with Crippen LogP contribution >= 0.6 is 24.0 Å². The zero-order valence-electron chi connectivity index (χ0n) is 16.8. The first-order chi connectivity index (χ1) is 12.5. The number of amides is 1. The van der Waals surface area contributed by atoms with Crippen LogP contribution in [0.4, 0.5) is 0 Å². The first-order valence-corrected chi connectivity index (χ1v) is 9.55. The summed E-state index contributed by atoms with van der Waals surface area (Å²) < 4.78 is 5.91. The lowest BCUT2D eigenvalue weighted by molar-refractivity contribution is -0.122. The Morgan fingerprint density at radius 1 is 1.22 bits per heavy atom. The SMILES string of the molecule is CCNC(=NCc1ccc(C)cc1OC(C)C)NCCNC(=O)C1CC1.I. The Bertz CT molecular complexity index is 630. The van der Waals surface area contributed by atoms with Gasteiger partial charge in [0.15, 0.2) is 5.96 Å². The maximum absolute atomic E-state index is 11.6. The Morgan fingerprint density at radius 3 is 2.56 bits per heavy atom. The van der Waals surface area contributed by atoms with E-state index >= 15 is 0 Å². The molecule has 1 aliphatic carbocycles. The quantitative estimate of drug-likeness (QED) is 0.216. The number of hydrogen-bond donors (Lipinski definition) is 3. The maximum Gasteiger partial charge on any atom is 0.223 e. The number of aryl methyl sites for hydroxylation is 1. The summed E-state index contributed by atoms with van der Waals surface area (Å²) in [7, 11) is 0. The van der Waals surface area contributed by atoms with Crippen molar-refractivity contribution in [1.82, 2.24) is 16.0 Å². The third kappa shape index (κ3) is 8.81. The summed E-state index contributed by atoms with van der Waals surface area (Å²) in [6, 6.07) is 6.19. The van der Waals surface area contributed by atoms with E-state index in [1.54, 1.807) is 0 Å². The van der Waals surface area contributed by atoms with Crippen molar-refractivity contribution in [3.63, 3.8) is 0 Å². The van der Waals surface area contributed by atoms with E-state index in [0.29, 0.717) is 19.6 Å². The standard InChI is InChI=1S/C20H32N4O2.HI/c1-5-21-20(23-11-10-22-19(25)16-8-9-16)24-13-17-7-6-15(4)12-18(17)26-14(2)3;/h6-7,12,14,16H,5,8-11,13H2,1-4H3,(H,22,25)(H2,21,23,24);1H. The van der Waals surface area contributed by atoms with Crippen molar-refractivity contribution in [1.29, 1.82) is 0 Å². The smallest absolute Gasteiger partial charge is 0.223 e. The van der Waals surface area contributed by atoms with E-state index in [-0.39, 0.29) is 41.9 Å². The molecule has 0 atom stereocenters. The van der Waals surface area contributed by atoms with Crippen LogP contribution in [0.3, 0.4) is 0 Å². The molecule has 0 heterocycles. The van der Waals surface area contributed by atoms with E-state index in [4.69, 9.17) is 4.74 Å². The summed E-state index contributed by atoms with van der Waals surface area (Å²) in [6.45, 7) is 10.7. The maximum atomic E-state index is 11.6. The molecule has 0 radical (unpaired) electrons. The number of rotatable bonds is 9. The van der Waals surface area contributed by atoms with Gasteiger partial charge in [0.1, 0.15) is 5.75 Å². The number of guanidine groups is 1. The number of carbonyl (C=O) groups is 1. The van der Waals surface area contributed by atoms with Gasteiger partial charge in [-0.15, -0.1) is 24.0 Å². The molecule has 7 heteroatoms. The first kappa shape index (κ1) is 23.5. The van der Waals surface area contributed by atoms with E-state index in [1.807, 2.05) is 20.8 Å². The molecule has 1 aliphatic rings. The zero-order chi connectivity index (χ0) is 18.9. The average Bonchev–Trinajstić information content (AvgIpc) is 3.42. The molecule has 1 aromatic rings. The van der Waals surface area contributed by atoms with Gasteiger partial charge >= 0.3 is 0 Å². The van der Waals surface area contributed by atoms with Gasteiger partial charge < -0.3 is 20.7 Å². The van der Waals surface area contributed by atoms with E-state index in [9.17, 15) is 4.79 Å². The lowest BCUT2D eigenvalue weighted by Crippen LogP contribution is -2.41. The second-order valence-electron chi connectivity index (χ2n) is 6.97. The van der Waals surface area contributed by atoms with Gasteiger partial charge in [-0.25, -0.2) is 4.99 Å². The van der Waals surface area contributed by atoms with E-state index in [1.165, 1.54) is 5.56 Å². The van der Waals surface area contributed by atoms with E-state index in [0.717, 1.165) is 36.7 Å². The summed E-state index contributed by atoms with van der Waals surface area (Å²) in [5.74, 6) is 2.04. The highest BCUT2D eigenvalue weighted by atomic mass is 127. The highest BCUT2D eigenvalue weighted by Crippen LogP contribution is 2.28. The number of carbonyl (C=O) groups excluding carboxylic acids is 1. The Balaban J connectivity index is 0.00000364. The summed E-state index contributed by atoms with van der Waals surface area (Å²) in [5, 5.41) is 9.44. The fourth-order valence-corrected chi connectivity index (χ4v) is 2.52. The minimum atomic E-state index is 0. The summed E-state index contributed by atoms with van der Waals surface area (Å²) >= 11 is 0. The Morgan fingerprint density at radius 2 is 1.93 bits per heavy atom. The normalized spacial score (nSPS) is 13.7. The Labute approximate surface area is 179 Å². The Kier molecular flexibility index (Phi) is 10.5. The van der Waals surface area contributed by atoms with Gasteiger partial charge in [0.2, 0.25) is 5.91 Å². The fraction of sp³-hybridized carbons (Fsp3) is 0.600. The van der Waals surface area contributed by atoms with Crippen LogP contribution in [-0.2, 0) is 11.3 Å². The highest BCUT2D eigenvalue weighted by molar-refractivity contribution is 14.0. The molecule has 0 saturated heterocycles. The highest BCUT2D eigenvalue weighted by Gasteiger charge is 2.28. The number of benzene rings is 1. The van der Waals surface area contributed by atoms with Gasteiger partial charge in [-0.3, -0.25) is 4.79 Å². The number of halogens is 1. The van der Waals surface area contributed by atoms with Gasteiger partial charge in [-0.1, -0.05) is 12.1 Å². The van der Waals surface area contributed by atoms with Crippen molar-refractivity contribution in [3.8, 4) is 5.75 Å². The number of hydrogen-bond acceptors (Lipinski definition) is 3. The average molecular weight is 488 g/mol. The molecule has 6 nitrogen and oxygen atoms in total. The van der Waals surface area contributed by atoms with Crippen LogP contribution in [0.15, 0.2) is 23.2 Å². The fourth-order valence-electron chi connectivity index (χ4n) is 2.52. The van der Waals surface area contributed by atoms with Crippen molar-refractivity contribution in [2.75, 3.05) is 19.6 Å². The van der Waals surface area contributed by atoms with Gasteiger partial charge in [-0.2, -0.15) is 0 Å². The molecule has 1 fully saturated rings. The van der Waals surface area contributed by atoms with Crippen molar-refractivity contribution < 1.29 is 9.53 Å². The molecule has 2 rings (SSSR count). The predicted molar refractivity (Wildman–Crippen MR) is 121 cm³/mol. The molecule has 1 amide bonds. The molecule has 1 aromatic carbocycles. The van der Waals surface area contributed by atoms with Crippen molar-refractivity contribution in [3.05, 3.63) is 29.3 Å². The topological polar surface area (TPSA) is 74.8 Å². The van der Waals surface area contributed by atoms with Crippen LogP contribution in [0, 0.1) is 12.8 Å².